The van der Waals surface area contributed by atoms with Crippen LogP contribution in [0.1, 0.15) is 43.4 Å². The van der Waals surface area contributed by atoms with E-state index in [4.69, 9.17) is 0 Å². The van der Waals surface area contributed by atoms with Crippen molar-refractivity contribution in [2.24, 2.45) is 0 Å². The van der Waals surface area contributed by atoms with Gasteiger partial charge >= 0.3 is 0 Å². The molecule has 2 nitrogen and oxygen atoms in total. The molecule has 1 heterocycles. The van der Waals surface area contributed by atoms with E-state index in [1.807, 2.05) is 18.5 Å². The van der Waals surface area contributed by atoms with Crippen LogP contribution in [0.4, 0.5) is 0 Å². The fraction of sp³-hybridized carbons (Fsp3) is 0.500. The zero-order valence-corrected chi connectivity index (χ0v) is 10.4. The average Bonchev–Trinajstić information content (AvgIpc) is 2.29. The van der Waals surface area contributed by atoms with Crippen molar-refractivity contribution in [1.29, 1.82) is 0 Å². The van der Waals surface area contributed by atoms with Crippen molar-refractivity contribution >= 4 is 0 Å². The molecule has 1 unspecified atom stereocenters. The van der Waals surface area contributed by atoms with Crippen molar-refractivity contribution in [3.05, 3.63) is 42.2 Å². The van der Waals surface area contributed by atoms with E-state index in [9.17, 15) is 0 Å². The standard InChI is InChI=1S/C14H22N2/c1-4-6-7-14(16-8-5-2)13-9-12(3)10-15-11-13/h4,9-11,14,16H,1,5-8H2,2-3H3. The minimum Gasteiger partial charge on any atom is -0.310 e. The molecule has 0 saturated heterocycles. The molecule has 0 bridgehead atoms. The van der Waals surface area contributed by atoms with Gasteiger partial charge in [-0.05, 0) is 43.9 Å². The second kappa shape index (κ2) is 7.18. The molecule has 1 aromatic heterocycles. The van der Waals surface area contributed by atoms with Gasteiger partial charge in [0.05, 0.1) is 0 Å². The van der Waals surface area contributed by atoms with E-state index in [2.05, 4.69) is 36.8 Å². The van der Waals surface area contributed by atoms with Gasteiger partial charge in [-0.3, -0.25) is 4.98 Å². The van der Waals surface area contributed by atoms with Gasteiger partial charge in [0.25, 0.3) is 0 Å². The lowest BCUT2D eigenvalue weighted by Gasteiger charge is -2.18. The number of hydrogen-bond acceptors (Lipinski definition) is 2. The highest BCUT2D eigenvalue weighted by atomic mass is 14.9. The van der Waals surface area contributed by atoms with Crippen molar-refractivity contribution in [3.8, 4) is 0 Å². The Bertz CT molecular complexity index is 320. The molecule has 88 valence electrons. The molecule has 0 saturated carbocycles. The summed E-state index contributed by atoms with van der Waals surface area (Å²) in [5.74, 6) is 0. The Hall–Kier alpha value is -1.15. The maximum Gasteiger partial charge on any atom is 0.0338 e. The zero-order valence-electron chi connectivity index (χ0n) is 10.4. The average molecular weight is 218 g/mol. The summed E-state index contributed by atoms with van der Waals surface area (Å²) in [4.78, 5) is 4.26. The Labute approximate surface area is 98.8 Å². The lowest BCUT2D eigenvalue weighted by Crippen LogP contribution is -2.22. The topological polar surface area (TPSA) is 24.9 Å². The first kappa shape index (κ1) is 12.9. The molecule has 0 aliphatic carbocycles. The van der Waals surface area contributed by atoms with Crippen molar-refractivity contribution in [2.45, 2.75) is 39.2 Å². The molecule has 1 aromatic rings. The van der Waals surface area contributed by atoms with Crippen LogP contribution in [0.25, 0.3) is 0 Å². The van der Waals surface area contributed by atoms with Gasteiger partial charge in [0, 0.05) is 18.4 Å². The largest absolute Gasteiger partial charge is 0.310 e. The molecular weight excluding hydrogens is 196 g/mol. The molecule has 1 atom stereocenters. The van der Waals surface area contributed by atoms with E-state index in [-0.39, 0.29) is 0 Å². The Balaban J connectivity index is 2.69. The third kappa shape index (κ3) is 4.15. The highest BCUT2D eigenvalue weighted by molar-refractivity contribution is 5.20. The number of pyridine rings is 1. The van der Waals surface area contributed by atoms with E-state index in [1.54, 1.807) is 0 Å². The molecule has 0 aliphatic rings. The minimum absolute atomic E-state index is 0.408. The minimum atomic E-state index is 0.408. The predicted molar refractivity (Wildman–Crippen MR) is 69.4 cm³/mol. The Morgan fingerprint density at radius 2 is 2.31 bits per heavy atom. The summed E-state index contributed by atoms with van der Waals surface area (Å²) in [5, 5.41) is 3.56. The Kier molecular flexibility index (Phi) is 5.79. The first-order chi connectivity index (χ1) is 7.77. The fourth-order valence-electron chi connectivity index (χ4n) is 1.76. The number of hydrogen-bond donors (Lipinski definition) is 1. The van der Waals surface area contributed by atoms with Crippen LogP contribution < -0.4 is 5.32 Å². The third-order valence-electron chi connectivity index (χ3n) is 2.60. The molecule has 0 aromatic carbocycles. The van der Waals surface area contributed by atoms with Gasteiger partial charge in [0.2, 0.25) is 0 Å². The van der Waals surface area contributed by atoms with Gasteiger partial charge in [0.15, 0.2) is 0 Å². The van der Waals surface area contributed by atoms with Gasteiger partial charge in [-0.25, -0.2) is 0 Å². The van der Waals surface area contributed by atoms with Crippen LogP contribution in [0.15, 0.2) is 31.1 Å². The Morgan fingerprint density at radius 1 is 1.50 bits per heavy atom. The number of rotatable bonds is 7. The maximum absolute atomic E-state index is 4.26. The van der Waals surface area contributed by atoms with Gasteiger partial charge < -0.3 is 5.32 Å². The molecule has 0 amide bonds. The Morgan fingerprint density at radius 3 is 2.94 bits per heavy atom. The monoisotopic (exact) mass is 218 g/mol. The van der Waals surface area contributed by atoms with Gasteiger partial charge in [-0.2, -0.15) is 0 Å². The maximum atomic E-state index is 4.26. The summed E-state index contributed by atoms with van der Waals surface area (Å²) in [6, 6.07) is 2.62. The van der Waals surface area contributed by atoms with Crippen LogP contribution in [0, 0.1) is 6.92 Å². The summed E-state index contributed by atoms with van der Waals surface area (Å²) in [6.45, 7) is 9.10. The van der Waals surface area contributed by atoms with E-state index < -0.39 is 0 Å². The first-order valence-electron chi connectivity index (χ1n) is 6.03. The smallest absolute Gasteiger partial charge is 0.0338 e. The summed E-state index contributed by atoms with van der Waals surface area (Å²) >= 11 is 0. The molecule has 0 fully saturated rings. The molecule has 1 rings (SSSR count). The molecule has 1 N–H and O–H groups in total. The fourth-order valence-corrected chi connectivity index (χ4v) is 1.76. The third-order valence-corrected chi connectivity index (χ3v) is 2.60. The van der Waals surface area contributed by atoms with Crippen LogP contribution >= 0.6 is 0 Å². The van der Waals surface area contributed by atoms with Crippen LogP contribution in [0.2, 0.25) is 0 Å². The molecule has 2 heteroatoms. The number of aryl methyl sites for hydroxylation is 1. The van der Waals surface area contributed by atoms with Crippen LogP contribution in [-0.2, 0) is 0 Å². The van der Waals surface area contributed by atoms with Gasteiger partial charge in [0.1, 0.15) is 0 Å². The number of nitrogens with zero attached hydrogens (tertiary/aromatic N) is 1. The quantitative estimate of drug-likeness (QED) is 0.709. The predicted octanol–water partition coefficient (Wildman–Crippen LogP) is 3.40. The van der Waals surface area contributed by atoms with Crippen molar-refractivity contribution < 1.29 is 0 Å². The first-order valence-corrected chi connectivity index (χ1v) is 6.03. The van der Waals surface area contributed by atoms with E-state index in [0.717, 1.165) is 25.8 Å². The SMILES string of the molecule is C=CCCC(NCCC)c1cncc(C)c1. The second-order valence-electron chi connectivity index (χ2n) is 4.17. The summed E-state index contributed by atoms with van der Waals surface area (Å²) < 4.78 is 0. The van der Waals surface area contributed by atoms with E-state index in [0.29, 0.717) is 6.04 Å². The van der Waals surface area contributed by atoms with E-state index >= 15 is 0 Å². The molecule has 0 aliphatic heterocycles. The van der Waals surface area contributed by atoms with Gasteiger partial charge in [-0.1, -0.05) is 19.1 Å². The zero-order chi connectivity index (χ0) is 11.8. The highest BCUT2D eigenvalue weighted by Gasteiger charge is 2.09. The van der Waals surface area contributed by atoms with Gasteiger partial charge in [-0.15, -0.1) is 6.58 Å². The van der Waals surface area contributed by atoms with Crippen LogP contribution in [0.3, 0.4) is 0 Å². The summed E-state index contributed by atoms with van der Waals surface area (Å²) in [7, 11) is 0. The molecule has 0 spiro atoms. The summed E-state index contributed by atoms with van der Waals surface area (Å²) in [6.07, 6.45) is 9.12. The van der Waals surface area contributed by atoms with Crippen molar-refractivity contribution in [1.82, 2.24) is 10.3 Å². The number of nitrogens with one attached hydrogen (secondary N) is 1. The lowest BCUT2D eigenvalue weighted by molar-refractivity contribution is 0.501. The highest BCUT2D eigenvalue weighted by Crippen LogP contribution is 2.18. The molecular formula is C14H22N2. The number of allylic oxidation sites excluding steroid dienone is 1. The lowest BCUT2D eigenvalue weighted by atomic mass is 10.0. The normalized spacial score (nSPS) is 12.4. The van der Waals surface area contributed by atoms with Crippen molar-refractivity contribution in [2.75, 3.05) is 6.54 Å². The molecule has 0 radical (unpaired) electrons. The second-order valence-corrected chi connectivity index (χ2v) is 4.17. The van der Waals surface area contributed by atoms with E-state index in [1.165, 1.54) is 11.1 Å². The van der Waals surface area contributed by atoms with Crippen molar-refractivity contribution in [3.63, 3.8) is 0 Å². The van der Waals surface area contributed by atoms with Crippen LogP contribution in [0.5, 0.6) is 0 Å². The summed E-state index contributed by atoms with van der Waals surface area (Å²) in [5.41, 5.74) is 2.51. The molecule has 16 heavy (non-hydrogen) atoms. The van der Waals surface area contributed by atoms with Crippen LogP contribution in [-0.4, -0.2) is 11.5 Å². The number of aromatic nitrogens is 1.